The van der Waals surface area contributed by atoms with E-state index >= 15 is 0 Å². The topological polar surface area (TPSA) is 88.4 Å². The number of carbonyl (C=O) groups is 1. The highest BCUT2D eigenvalue weighted by molar-refractivity contribution is 5.87. The molecular formula is C24H22F6N4O3. The Morgan fingerprint density at radius 2 is 1.70 bits per heavy atom. The fraction of sp³-hybridized carbons (Fsp3) is 0.333. The zero-order valence-electron chi connectivity index (χ0n) is 19.5. The largest absolute Gasteiger partial charge is 0.492 e. The molecule has 0 aliphatic rings. The van der Waals surface area contributed by atoms with E-state index < -0.39 is 36.0 Å². The van der Waals surface area contributed by atoms with Crippen molar-refractivity contribution in [1.29, 1.82) is 0 Å². The minimum atomic E-state index is -5.01. The highest BCUT2D eigenvalue weighted by Crippen LogP contribution is 2.38. The molecule has 1 aromatic carbocycles. The second-order valence-corrected chi connectivity index (χ2v) is 7.95. The van der Waals surface area contributed by atoms with Gasteiger partial charge in [0.05, 0.1) is 29.5 Å². The Kier molecular flexibility index (Phi) is 8.56. The summed E-state index contributed by atoms with van der Waals surface area (Å²) in [6.07, 6.45) is -3.56. The summed E-state index contributed by atoms with van der Waals surface area (Å²) < 4.78 is 85.7. The predicted octanol–water partition coefficient (Wildman–Crippen LogP) is 5.65. The molecule has 0 aliphatic carbocycles. The molecule has 3 aromatic rings. The fourth-order valence-electron chi connectivity index (χ4n) is 3.36. The van der Waals surface area contributed by atoms with Crippen LogP contribution in [-0.4, -0.2) is 39.2 Å². The lowest BCUT2D eigenvalue weighted by Gasteiger charge is -2.25. The van der Waals surface area contributed by atoms with Gasteiger partial charge in [-0.05, 0) is 42.2 Å². The number of alkyl halides is 6. The lowest BCUT2D eigenvalue weighted by molar-refractivity contribution is -0.143. The number of pyridine rings is 1. The number of anilines is 1. The molecule has 0 radical (unpaired) electrons. The summed E-state index contributed by atoms with van der Waals surface area (Å²) in [4.78, 5) is 24.6. The van der Waals surface area contributed by atoms with Crippen LogP contribution in [0.25, 0.3) is 0 Å². The van der Waals surface area contributed by atoms with Gasteiger partial charge in [0.2, 0.25) is 5.95 Å². The van der Waals surface area contributed by atoms with Crippen LogP contribution in [0.2, 0.25) is 0 Å². The van der Waals surface area contributed by atoms with Gasteiger partial charge in [0, 0.05) is 31.7 Å². The van der Waals surface area contributed by atoms with Crippen LogP contribution in [0.4, 0.5) is 32.3 Å². The highest BCUT2D eigenvalue weighted by Gasteiger charge is 2.38. The second kappa shape index (κ2) is 11.4. The fourth-order valence-corrected chi connectivity index (χ4v) is 3.36. The molecule has 0 unspecified atom stereocenters. The van der Waals surface area contributed by atoms with E-state index in [1.807, 2.05) is 6.92 Å². The van der Waals surface area contributed by atoms with E-state index in [0.29, 0.717) is 12.5 Å². The molecule has 198 valence electrons. The number of benzene rings is 1. The van der Waals surface area contributed by atoms with Gasteiger partial charge in [-0.15, -0.1) is 0 Å². The second-order valence-electron chi connectivity index (χ2n) is 7.95. The van der Waals surface area contributed by atoms with Crippen LogP contribution < -0.4 is 9.64 Å². The molecule has 13 heteroatoms. The number of ether oxygens (including phenoxy) is 1. The molecule has 0 saturated heterocycles. The first-order chi connectivity index (χ1) is 17.4. The highest BCUT2D eigenvalue weighted by atomic mass is 19.4. The van der Waals surface area contributed by atoms with Crippen molar-refractivity contribution in [2.45, 2.75) is 38.7 Å². The van der Waals surface area contributed by atoms with Crippen LogP contribution in [0.15, 0.2) is 49.1 Å². The van der Waals surface area contributed by atoms with Gasteiger partial charge in [-0.25, -0.2) is 14.8 Å². The number of aromatic nitrogens is 3. The first-order valence-corrected chi connectivity index (χ1v) is 11.0. The summed E-state index contributed by atoms with van der Waals surface area (Å²) in [5, 5.41) is 9.04. The van der Waals surface area contributed by atoms with E-state index in [2.05, 4.69) is 15.0 Å². The predicted molar refractivity (Wildman–Crippen MR) is 120 cm³/mol. The molecular weight excluding hydrogens is 506 g/mol. The number of carboxylic acids is 1. The molecule has 7 nitrogen and oxygen atoms in total. The Balaban J connectivity index is 1.82. The molecule has 0 atom stereocenters. The van der Waals surface area contributed by atoms with Crippen molar-refractivity contribution in [1.82, 2.24) is 15.0 Å². The standard InChI is InChI=1S/C24H22F6N4O3/c1-2-15-10-32-22(33-11-15)34(6-3-7-37-19-8-17(21(35)36)12-31-13-19)14-16-4-5-18(23(25,26)27)9-20(16)24(28,29)30/h4-5,8-13H,2-3,6-7,14H2,1H3,(H,35,36). The van der Waals surface area contributed by atoms with Crippen LogP contribution in [0, 0.1) is 0 Å². The maximum absolute atomic E-state index is 13.7. The zero-order chi connectivity index (χ0) is 27.2. The lowest BCUT2D eigenvalue weighted by atomic mass is 10.0. The maximum Gasteiger partial charge on any atom is 0.416 e. The summed E-state index contributed by atoms with van der Waals surface area (Å²) in [7, 11) is 0. The van der Waals surface area contributed by atoms with Crippen LogP contribution in [0.1, 0.15) is 46.0 Å². The van der Waals surface area contributed by atoms with Gasteiger partial charge in [0.1, 0.15) is 5.75 Å². The van der Waals surface area contributed by atoms with E-state index in [4.69, 9.17) is 9.84 Å². The molecule has 0 saturated carbocycles. The quantitative estimate of drug-likeness (QED) is 0.269. The Morgan fingerprint density at radius 1 is 1.00 bits per heavy atom. The number of carboxylic acid groups (broad SMARTS) is 1. The summed E-state index contributed by atoms with van der Waals surface area (Å²) in [6.45, 7) is 1.61. The molecule has 0 amide bonds. The number of hydrogen-bond acceptors (Lipinski definition) is 6. The van der Waals surface area contributed by atoms with Gasteiger partial charge in [-0.3, -0.25) is 4.98 Å². The number of aromatic carboxylic acids is 1. The molecule has 0 fully saturated rings. The summed E-state index contributed by atoms with van der Waals surface area (Å²) in [6, 6.07) is 2.78. The minimum Gasteiger partial charge on any atom is -0.492 e. The van der Waals surface area contributed by atoms with E-state index in [1.54, 1.807) is 0 Å². The van der Waals surface area contributed by atoms with Gasteiger partial charge in [-0.1, -0.05) is 13.0 Å². The van der Waals surface area contributed by atoms with Gasteiger partial charge in [-0.2, -0.15) is 26.3 Å². The van der Waals surface area contributed by atoms with Crippen molar-refractivity contribution in [2.24, 2.45) is 0 Å². The van der Waals surface area contributed by atoms with Crippen molar-refractivity contribution in [3.05, 3.63) is 76.9 Å². The average Bonchev–Trinajstić information content (AvgIpc) is 2.85. The van der Waals surface area contributed by atoms with E-state index in [9.17, 15) is 31.1 Å². The maximum atomic E-state index is 13.7. The molecule has 37 heavy (non-hydrogen) atoms. The molecule has 2 aromatic heterocycles. The van der Waals surface area contributed by atoms with Gasteiger partial charge < -0.3 is 14.7 Å². The number of hydrogen-bond donors (Lipinski definition) is 1. The smallest absolute Gasteiger partial charge is 0.416 e. The molecule has 0 bridgehead atoms. The molecule has 0 aliphatic heterocycles. The monoisotopic (exact) mass is 528 g/mol. The SMILES string of the molecule is CCc1cnc(N(CCCOc2cncc(C(=O)O)c2)Cc2ccc(C(F)(F)F)cc2C(F)(F)F)nc1. The van der Waals surface area contributed by atoms with Crippen molar-refractivity contribution in [2.75, 3.05) is 18.1 Å². The van der Waals surface area contributed by atoms with Crippen molar-refractivity contribution < 1.29 is 41.0 Å². The summed E-state index contributed by atoms with van der Waals surface area (Å²) in [5.74, 6) is -0.898. The van der Waals surface area contributed by atoms with Gasteiger partial charge in [0.15, 0.2) is 0 Å². The lowest BCUT2D eigenvalue weighted by Crippen LogP contribution is -2.28. The Labute approximate surface area is 207 Å². The third-order valence-electron chi connectivity index (χ3n) is 5.29. The van der Waals surface area contributed by atoms with E-state index in [1.165, 1.54) is 29.6 Å². The van der Waals surface area contributed by atoms with Crippen LogP contribution >= 0.6 is 0 Å². The van der Waals surface area contributed by atoms with Crippen LogP contribution in [-0.2, 0) is 25.3 Å². The van der Waals surface area contributed by atoms with Crippen molar-refractivity contribution >= 4 is 11.9 Å². The molecule has 3 rings (SSSR count). The molecule has 0 spiro atoms. The number of aryl methyl sites for hydroxylation is 1. The Hall–Kier alpha value is -3.90. The Bertz CT molecular complexity index is 1220. The van der Waals surface area contributed by atoms with Gasteiger partial charge >= 0.3 is 18.3 Å². The normalized spacial score (nSPS) is 11.9. The minimum absolute atomic E-state index is 0.0490. The van der Waals surface area contributed by atoms with Crippen molar-refractivity contribution in [3.63, 3.8) is 0 Å². The molecule has 2 heterocycles. The third kappa shape index (κ3) is 7.54. The van der Waals surface area contributed by atoms with Crippen LogP contribution in [0.5, 0.6) is 5.75 Å². The summed E-state index contributed by atoms with van der Waals surface area (Å²) >= 11 is 0. The zero-order valence-corrected chi connectivity index (χ0v) is 19.5. The third-order valence-corrected chi connectivity index (χ3v) is 5.29. The van der Waals surface area contributed by atoms with Crippen LogP contribution in [0.3, 0.4) is 0 Å². The average molecular weight is 528 g/mol. The first kappa shape index (κ1) is 27.7. The Morgan fingerprint density at radius 3 is 2.30 bits per heavy atom. The van der Waals surface area contributed by atoms with E-state index in [0.717, 1.165) is 17.8 Å². The number of nitrogens with zero attached hydrogens (tertiary/aromatic N) is 4. The number of rotatable bonds is 10. The first-order valence-electron chi connectivity index (χ1n) is 11.0. The van der Waals surface area contributed by atoms with E-state index in [-0.39, 0.29) is 48.5 Å². The van der Waals surface area contributed by atoms with Crippen molar-refractivity contribution in [3.8, 4) is 5.75 Å². The number of halogens is 6. The molecule has 1 N–H and O–H groups in total. The summed E-state index contributed by atoms with van der Waals surface area (Å²) in [5.41, 5.74) is -2.45. The van der Waals surface area contributed by atoms with Gasteiger partial charge in [0.25, 0.3) is 0 Å².